The monoisotopic (exact) mass is 412 g/mol. The Morgan fingerprint density at radius 1 is 1.16 bits per heavy atom. The second-order valence-corrected chi connectivity index (χ2v) is 8.19. The minimum Gasteiger partial charge on any atom is -0.329 e. The number of likely N-dealkylation sites (tertiary alicyclic amines) is 1. The lowest BCUT2D eigenvalue weighted by molar-refractivity contribution is -0.121. The van der Waals surface area contributed by atoms with Gasteiger partial charge in [0.1, 0.15) is 5.41 Å². The van der Waals surface area contributed by atoms with Crippen LogP contribution in [0.15, 0.2) is 60.9 Å². The SMILES string of the molecule is Cn1cc(C2N(C(=O)c3n[nH]c4ccccc34)CCC23C(=O)Nc2ccccc23)cn1. The molecule has 6 rings (SSSR count). The van der Waals surface area contributed by atoms with Crippen LogP contribution in [0.1, 0.15) is 34.1 Å². The number of para-hydroxylation sites is 2. The summed E-state index contributed by atoms with van der Waals surface area (Å²) in [4.78, 5) is 28.9. The third kappa shape index (κ3) is 2.35. The third-order valence-electron chi connectivity index (χ3n) is 6.56. The van der Waals surface area contributed by atoms with Gasteiger partial charge in [0, 0.05) is 36.4 Å². The van der Waals surface area contributed by atoms with E-state index in [2.05, 4.69) is 20.6 Å². The zero-order chi connectivity index (χ0) is 21.2. The molecule has 1 saturated heterocycles. The molecule has 2 atom stereocenters. The lowest BCUT2D eigenvalue weighted by Gasteiger charge is -2.33. The Morgan fingerprint density at radius 2 is 1.97 bits per heavy atom. The van der Waals surface area contributed by atoms with E-state index in [-0.39, 0.29) is 11.8 Å². The van der Waals surface area contributed by atoms with Crippen molar-refractivity contribution in [2.24, 2.45) is 7.05 Å². The summed E-state index contributed by atoms with van der Waals surface area (Å²) in [5.74, 6) is -0.273. The van der Waals surface area contributed by atoms with Crippen LogP contribution in [-0.2, 0) is 17.3 Å². The van der Waals surface area contributed by atoms with Crippen LogP contribution in [0.2, 0.25) is 0 Å². The minimum absolute atomic E-state index is 0.0789. The number of anilines is 1. The molecule has 1 spiro atoms. The van der Waals surface area contributed by atoms with Gasteiger partial charge in [0.2, 0.25) is 5.91 Å². The molecule has 2 amide bonds. The molecule has 8 heteroatoms. The highest BCUT2D eigenvalue weighted by atomic mass is 16.2. The second kappa shape index (κ2) is 6.28. The molecule has 2 aliphatic rings. The Morgan fingerprint density at radius 3 is 2.81 bits per heavy atom. The summed E-state index contributed by atoms with van der Waals surface area (Å²) in [5, 5.41) is 15.4. The summed E-state index contributed by atoms with van der Waals surface area (Å²) in [7, 11) is 1.83. The summed E-state index contributed by atoms with van der Waals surface area (Å²) in [6, 6.07) is 14.8. The summed E-state index contributed by atoms with van der Waals surface area (Å²) in [6.07, 6.45) is 4.16. The van der Waals surface area contributed by atoms with Gasteiger partial charge >= 0.3 is 0 Å². The number of aryl methyl sites for hydroxylation is 1. The maximum absolute atomic E-state index is 13.8. The quantitative estimate of drug-likeness (QED) is 0.529. The normalized spacial score (nSPS) is 22.3. The summed E-state index contributed by atoms with van der Waals surface area (Å²) >= 11 is 0. The van der Waals surface area contributed by atoms with Crippen LogP contribution in [0, 0.1) is 0 Å². The highest BCUT2D eigenvalue weighted by Crippen LogP contribution is 2.54. The molecular weight excluding hydrogens is 392 g/mol. The number of carbonyl (C=O) groups is 2. The number of aromatic nitrogens is 4. The lowest BCUT2D eigenvalue weighted by Crippen LogP contribution is -2.42. The Kier molecular flexibility index (Phi) is 3.62. The lowest BCUT2D eigenvalue weighted by atomic mass is 9.73. The van der Waals surface area contributed by atoms with Crippen LogP contribution in [0.25, 0.3) is 10.9 Å². The van der Waals surface area contributed by atoms with Crippen molar-refractivity contribution in [2.45, 2.75) is 17.9 Å². The van der Waals surface area contributed by atoms with Gasteiger partial charge in [0.15, 0.2) is 5.69 Å². The van der Waals surface area contributed by atoms with Crippen molar-refractivity contribution in [1.29, 1.82) is 0 Å². The van der Waals surface area contributed by atoms with Gasteiger partial charge in [-0.3, -0.25) is 19.4 Å². The molecular formula is C23H20N6O2. The van der Waals surface area contributed by atoms with Crippen LogP contribution in [0.4, 0.5) is 5.69 Å². The molecule has 4 aromatic rings. The first-order valence-electron chi connectivity index (χ1n) is 10.2. The molecule has 0 saturated carbocycles. The first kappa shape index (κ1) is 17.9. The van der Waals surface area contributed by atoms with Gasteiger partial charge in [-0.05, 0) is 24.1 Å². The van der Waals surface area contributed by atoms with Crippen LogP contribution < -0.4 is 5.32 Å². The fourth-order valence-electron chi connectivity index (χ4n) is 5.21. The van der Waals surface area contributed by atoms with Crippen LogP contribution >= 0.6 is 0 Å². The molecule has 2 aromatic carbocycles. The molecule has 2 N–H and O–H groups in total. The van der Waals surface area contributed by atoms with Gasteiger partial charge in [0.05, 0.1) is 17.8 Å². The molecule has 1 fully saturated rings. The van der Waals surface area contributed by atoms with Gasteiger partial charge in [-0.25, -0.2) is 0 Å². The standard InChI is InChI=1S/C23H20N6O2/c1-28-13-14(12-24-28)20-23(16-7-3-5-9-18(16)25-22(23)31)10-11-29(20)21(30)19-15-6-2-4-8-17(15)26-27-19/h2-9,12-13,20H,10-11H2,1H3,(H,25,31)(H,26,27). The maximum atomic E-state index is 13.8. The molecule has 4 heterocycles. The first-order valence-corrected chi connectivity index (χ1v) is 10.2. The van der Waals surface area contributed by atoms with E-state index in [0.717, 1.165) is 27.7 Å². The number of fused-ring (bicyclic) bond motifs is 3. The number of amides is 2. The molecule has 154 valence electrons. The fourth-order valence-corrected chi connectivity index (χ4v) is 5.21. The zero-order valence-electron chi connectivity index (χ0n) is 16.9. The fraction of sp³-hybridized carbons (Fsp3) is 0.217. The largest absolute Gasteiger partial charge is 0.329 e. The number of rotatable bonds is 2. The van der Waals surface area contributed by atoms with E-state index < -0.39 is 11.5 Å². The highest BCUT2D eigenvalue weighted by molar-refractivity contribution is 6.09. The Bertz CT molecular complexity index is 1350. The van der Waals surface area contributed by atoms with E-state index in [1.54, 1.807) is 15.8 Å². The Balaban J connectivity index is 1.52. The molecule has 0 radical (unpaired) electrons. The second-order valence-electron chi connectivity index (χ2n) is 8.19. The van der Waals surface area contributed by atoms with Gasteiger partial charge in [-0.15, -0.1) is 0 Å². The molecule has 2 aromatic heterocycles. The Labute approximate surface area is 177 Å². The number of H-pyrrole nitrogens is 1. The minimum atomic E-state index is -0.860. The predicted molar refractivity (Wildman–Crippen MR) is 114 cm³/mol. The van der Waals surface area contributed by atoms with E-state index in [1.807, 2.05) is 61.8 Å². The molecule has 0 aliphatic carbocycles. The Hall–Kier alpha value is -3.94. The van der Waals surface area contributed by atoms with Crippen molar-refractivity contribution in [3.8, 4) is 0 Å². The van der Waals surface area contributed by atoms with E-state index >= 15 is 0 Å². The molecule has 2 unspecified atom stereocenters. The summed E-state index contributed by atoms with van der Waals surface area (Å²) < 4.78 is 1.70. The van der Waals surface area contributed by atoms with Crippen molar-refractivity contribution in [3.05, 3.63) is 77.7 Å². The van der Waals surface area contributed by atoms with Gasteiger partial charge in [-0.2, -0.15) is 10.2 Å². The number of hydrogen-bond donors (Lipinski definition) is 2. The number of nitrogens with one attached hydrogen (secondary N) is 2. The molecule has 0 bridgehead atoms. The number of nitrogens with zero attached hydrogens (tertiary/aromatic N) is 4. The van der Waals surface area contributed by atoms with Gasteiger partial charge in [0.25, 0.3) is 5.91 Å². The van der Waals surface area contributed by atoms with Crippen molar-refractivity contribution in [2.75, 3.05) is 11.9 Å². The van der Waals surface area contributed by atoms with Crippen molar-refractivity contribution in [1.82, 2.24) is 24.9 Å². The predicted octanol–water partition coefficient (Wildman–Crippen LogP) is 2.77. The first-order chi connectivity index (χ1) is 15.1. The number of carbonyl (C=O) groups excluding carboxylic acids is 2. The van der Waals surface area contributed by atoms with Crippen LogP contribution in [-0.4, -0.2) is 43.2 Å². The van der Waals surface area contributed by atoms with Gasteiger partial charge < -0.3 is 10.2 Å². The van der Waals surface area contributed by atoms with Crippen molar-refractivity contribution < 1.29 is 9.59 Å². The van der Waals surface area contributed by atoms with Crippen molar-refractivity contribution in [3.63, 3.8) is 0 Å². The topological polar surface area (TPSA) is 95.9 Å². The summed E-state index contributed by atoms with van der Waals surface area (Å²) in [6.45, 7) is 0.446. The number of aromatic amines is 1. The molecule has 2 aliphatic heterocycles. The maximum Gasteiger partial charge on any atom is 0.275 e. The van der Waals surface area contributed by atoms with Crippen molar-refractivity contribution >= 4 is 28.4 Å². The number of hydrogen-bond acceptors (Lipinski definition) is 4. The van der Waals surface area contributed by atoms with Crippen LogP contribution in [0.5, 0.6) is 0 Å². The van der Waals surface area contributed by atoms with E-state index in [9.17, 15) is 9.59 Å². The van der Waals surface area contributed by atoms with E-state index in [1.165, 1.54) is 0 Å². The van der Waals surface area contributed by atoms with E-state index in [0.29, 0.717) is 18.7 Å². The highest BCUT2D eigenvalue weighted by Gasteiger charge is 2.59. The molecule has 31 heavy (non-hydrogen) atoms. The smallest absolute Gasteiger partial charge is 0.275 e. The third-order valence-corrected chi connectivity index (χ3v) is 6.56. The zero-order valence-corrected chi connectivity index (χ0v) is 16.9. The van der Waals surface area contributed by atoms with E-state index in [4.69, 9.17) is 0 Å². The number of benzene rings is 2. The average Bonchev–Trinajstić information content (AvgIpc) is 3.54. The van der Waals surface area contributed by atoms with Gasteiger partial charge in [-0.1, -0.05) is 36.4 Å². The summed E-state index contributed by atoms with van der Waals surface area (Å²) in [5.41, 5.74) is 2.88. The van der Waals surface area contributed by atoms with Crippen LogP contribution in [0.3, 0.4) is 0 Å². The molecule has 8 nitrogen and oxygen atoms in total. The average molecular weight is 412 g/mol.